The average molecular weight is 259 g/mol. The average Bonchev–Trinajstić information content (AvgIpc) is 1.52. The molecule has 0 saturated carbocycles. The van der Waals surface area contributed by atoms with Crippen molar-refractivity contribution in [3.63, 3.8) is 0 Å². The van der Waals surface area contributed by atoms with E-state index in [1.807, 2.05) is 0 Å². The van der Waals surface area contributed by atoms with Gasteiger partial charge in [-0.15, -0.1) is 0 Å². The van der Waals surface area contributed by atoms with Crippen molar-refractivity contribution in [1.29, 1.82) is 0 Å². The number of aliphatic hydroxyl groups is 2. The maximum Gasteiger partial charge on any atom is 0.321 e. The smallest absolute Gasteiger partial charge is 0.321 e. The van der Waals surface area contributed by atoms with Gasteiger partial charge in [0.25, 0.3) is 5.12 Å². The minimum atomic E-state index is -5.08. The molecule has 0 aliphatic carbocycles. The van der Waals surface area contributed by atoms with E-state index < -0.39 is 25.5 Å². The first kappa shape index (κ1) is 12.7. The summed E-state index contributed by atoms with van der Waals surface area (Å²) < 4.78 is 26.4. The molecule has 9 heteroatoms. The van der Waals surface area contributed by atoms with Gasteiger partial charge < -0.3 is 10.2 Å². The lowest BCUT2D eigenvalue weighted by Crippen LogP contribution is -2.41. The molecule has 0 bridgehead atoms. The highest BCUT2D eigenvalue weighted by Gasteiger charge is 2.45. The number of hydrogen-bond acceptors (Lipinski definition) is 4. The summed E-state index contributed by atoms with van der Waals surface area (Å²) in [6.07, 6.45) is -1.15. The molecule has 0 fully saturated rings. The van der Waals surface area contributed by atoms with Gasteiger partial charge in [0.1, 0.15) is 0 Å². The number of halogens is 3. The Morgan fingerprint density at radius 1 is 1.17 bits per heavy atom. The van der Waals surface area contributed by atoms with E-state index in [0.717, 1.165) is 0 Å². The van der Waals surface area contributed by atoms with E-state index in [2.05, 4.69) is 0 Å². The summed E-state index contributed by atoms with van der Waals surface area (Å²) in [5, 5.41) is 13.9. The number of rotatable bonds is 2. The number of alkyl halides is 3. The highest BCUT2D eigenvalue weighted by molar-refractivity contribution is 7.86. The molecule has 0 spiro atoms. The van der Waals surface area contributed by atoms with Crippen molar-refractivity contribution in [2.75, 3.05) is 0 Å². The van der Waals surface area contributed by atoms with Gasteiger partial charge in [0, 0.05) is 0 Å². The fourth-order valence-corrected chi connectivity index (χ4v) is 1.55. The van der Waals surface area contributed by atoms with Crippen LogP contribution < -0.4 is 0 Å². The summed E-state index contributed by atoms with van der Waals surface area (Å²) in [4.78, 5) is 0. The monoisotopic (exact) mass is 258 g/mol. The topological polar surface area (TPSA) is 94.8 Å². The Kier molecular flexibility index (Phi) is 3.65. The highest BCUT2D eigenvalue weighted by Crippen LogP contribution is 2.35. The molecule has 0 aromatic carbocycles. The van der Waals surface area contributed by atoms with Gasteiger partial charge in [0.2, 0.25) is 0 Å². The minimum Gasteiger partial charge on any atom is -0.352 e. The molecule has 0 radical (unpaired) electrons. The predicted molar refractivity (Wildman–Crippen MR) is 43.6 cm³/mol. The second kappa shape index (κ2) is 3.45. The minimum absolute atomic E-state index is 1.15. The fraction of sp³-hybridized carbons (Fsp3) is 1.00. The molecule has 12 heavy (non-hydrogen) atoms. The molecule has 0 heterocycles. The van der Waals surface area contributed by atoms with Crippen LogP contribution in [0.4, 0.5) is 0 Å². The summed E-state index contributed by atoms with van der Waals surface area (Å²) in [6, 6.07) is 0. The normalized spacial score (nSPS) is 14.8. The van der Waals surface area contributed by atoms with E-state index >= 15 is 0 Å². The van der Waals surface area contributed by atoms with Crippen molar-refractivity contribution in [3.05, 3.63) is 0 Å². The molecule has 0 unspecified atom stereocenters. The van der Waals surface area contributed by atoms with Gasteiger partial charge in [0.05, 0.1) is 6.42 Å². The molecule has 0 saturated heterocycles. The molecule has 0 aliphatic heterocycles. The van der Waals surface area contributed by atoms with E-state index in [1.165, 1.54) is 0 Å². The standard InChI is InChI=1S/C3H5Cl3O5S/c4-2(5,6)1-3(7,8)12(9,10)11/h7-8H,1H2,(H,9,10,11). The van der Waals surface area contributed by atoms with Crippen molar-refractivity contribution < 1.29 is 23.2 Å². The Labute approximate surface area is 83.6 Å². The Balaban J connectivity index is 4.68. The van der Waals surface area contributed by atoms with Crippen molar-refractivity contribution in [3.8, 4) is 0 Å². The third kappa shape index (κ3) is 4.08. The van der Waals surface area contributed by atoms with E-state index in [9.17, 15) is 8.42 Å². The van der Waals surface area contributed by atoms with Gasteiger partial charge in [-0.2, -0.15) is 8.42 Å². The SMILES string of the molecule is O=S(=O)(O)C(O)(O)CC(Cl)(Cl)Cl. The summed E-state index contributed by atoms with van der Waals surface area (Å²) in [5.41, 5.74) is 0. The second-order valence-electron chi connectivity index (χ2n) is 2.01. The van der Waals surface area contributed by atoms with E-state index in [4.69, 9.17) is 49.6 Å². The van der Waals surface area contributed by atoms with Gasteiger partial charge in [-0.1, -0.05) is 34.8 Å². The van der Waals surface area contributed by atoms with Crippen LogP contribution in [0, 0.1) is 0 Å². The largest absolute Gasteiger partial charge is 0.352 e. The lowest BCUT2D eigenvalue weighted by molar-refractivity contribution is -0.0949. The van der Waals surface area contributed by atoms with Gasteiger partial charge in [-0.25, -0.2) is 0 Å². The first-order chi connectivity index (χ1) is 4.96. The molecule has 0 atom stereocenters. The third-order valence-electron chi connectivity index (χ3n) is 0.844. The molecule has 0 rings (SSSR count). The molecule has 0 amide bonds. The van der Waals surface area contributed by atoms with Gasteiger partial charge in [0.15, 0.2) is 3.79 Å². The predicted octanol–water partition coefficient (Wildman–Crippen LogP) is 0.273. The van der Waals surface area contributed by atoms with Crippen LogP contribution >= 0.6 is 34.8 Å². The first-order valence-corrected chi connectivity index (χ1v) is 5.02. The van der Waals surface area contributed by atoms with Crippen molar-refractivity contribution >= 4 is 44.9 Å². The van der Waals surface area contributed by atoms with Crippen molar-refractivity contribution in [1.82, 2.24) is 0 Å². The Hall–Kier alpha value is 0.700. The zero-order valence-corrected chi connectivity index (χ0v) is 8.49. The highest BCUT2D eigenvalue weighted by atomic mass is 35.6. The maximum absolute atomic E-state index is 10.2. The number of hydrogen-bond donors (Lipinski definition) is 3. The van der Waals surface area contributed by atoms with E-state index in [1.54, 1.807) is 0 Å². The Morgan fingerprint density at radius 3 is 1.58 bits per heavy atom. The lowest BCUT2D eigenvalue weighted by Gasteiger charge is -2.21. The van der Waals surface area contributed by atoms with Gasteiger partial charge in [-0.3, -0.25) is 4.55 Å². The second-order valence-corrected chi connectivity index (χ2v) is 6.13. The third-order valence-corrected chi connectivity index (χ3v) is 2.22. The van der Waals surface area contributed by atoms with Crippen LogP contribution in [0.15, 0.2) is 0 Å². The first-order valence-electron chi connectivity index (χ1n) is 2.44. The summed E-state index contributed by atoms with van der Waals surface area (Å²) in [5.74, 6) is 0. The molecule has 0 aromatic heterocycles. The van der Waals surface area contributed by atoms with Crippen LogP contribution in [-0.4, -0.2) is 32.1 Å². The lowest BCUT2D eigenvalue weighted by atomic mass is 10.5. The Morgan fingerprint density at radius 2 is 1.50 bits per heavy atom. The molecule has 0 aromatic rings. The molecule has 3 N–H and O–H groups in total. The molecule has 74 valence electrons. The fourth-order valence-electron chi connectivity index (χ4n) is 0.352. The van der Waals surface area contributed by atoms with Crippen LogP contribution in [0.3, 0.4) is 0 Å². The maximum atomic E-state index is 10.2. The summed E-state index contributed by atoms with van der Waals surface area (Å²) >= 11 is 15.2. The van der Waals surface area contributed by atoms with Crippen LogP contribution in [0.25, 0.3) is 0 Å². The quantitative estimate of drug-likeness (QED) is 0.376. The van der Waals surface area contributed by atoms with Crippen LogP contribution in [0.1, 0.15) is 6.42 Å². The molecular formula is C3H5Cl3O5S. The van der Waals surface area contributed by atoms with Crippen LogP contribution in [0.5, 0.6) is 0 Å². The summed E-state index contributed by atoms with van der Waals surface area (Å²) in [7, 11) is -5.08. The van der Waals surface area contributed by atoms with Gasteiger partial charge >= 0.3 is 10.1 Å². The Bertz CT molecular complexity index is 252. The zero-order valence-electron chi connectivity index (χ0n) is 5.41. The van der Waals surface area contributed by atoms with Crippen LogP contribution in [0.2, 0.25) is 0 Å². The van der Waals surface area contributed by atoms with E-state index in [0.29, 0.717) is 0 Å². The van der Waals surface area contributed by atoms with Gasteiger partial charge in [-0.05, 0) is 0 Å². The van der Waals surface area contributed by atoms with Crippen molar-refractivity contribution in [2.45, 2.75) is 15.3 Å². The van der Waals surface area contributed by atoms with Crippen molar-refractivity contribution in [2.24, 2.45) is 0 Å². The molecular weight excluding hydrogens is 254 g/mol. The van der Waals surface area contributed by atoms with E-state index in [-0.39, 0.29) is 0 Å². The molecule has 0 aliphatic rings. The molecule has 5 nitrogen and oxygen atoms in total. The summed E-state index contributed by atoms with van der Waals surface area (Å²) in [6.45, 7) is 0. The van der Waals surface area contributed by atoms with Crippen LogP contribution in [-0.2, 0) is 10.1 Å². The zero-order chi connectivity index (χ0) is 10.2.